The van der Waals surface area contributed by atoms with Crippen LogP contribution in [0.5, 0.6) is 0 Å². The molecule has 0 aliphatic carbocycles. The minimum Gasteiger partial charge on any atom is -0.465 e. The molecule has 11 heteroatoms. The zero-order valence-electron chi connectivity index (χ0n) is 11.9. The maximum atomic E-state index is 13.3. The van der Waals surface area contributed by atoms with Crippen LogP contribution in [0.1, 0.15) is 6.92 Å². The van der Waals surface area contributed by atoms with Gasteiger partial charge in [0.25, 0.3) is 0 Å². The maximum Gasteiger partial charge on any atom is 0.443 e. The third-order valence-corrected chi connectivity index (χ3v) is 4.29. The Morgan fingerprint density at radius 2 is 1.71 bits per heavy atom. The van der Waals surface area contributed by atoms with Crippen molar-refractivity contribution < 1.29 is 31.1 Å². The first kappa shape index (κ1) is 16.9. The Bertz CT molecular complexity index is 713. The lowest BCUT2D eigenvalue weighted by Crippen LogP contribution is -2.59. The second kappa shape index (κ2) is 5.30. The second-order valence-corrected chi connectivity index (χ2v) is 5.80. The second-order valence-electron chi connectivity index (χ2n) is 4.79. The molecule has 3 rings (SSSR count). The highest BCUT2D eigenvalue weighted by molar-refractivity contribution is 8.15. The minimum atomic E-state index is -5.76. The number of hydrogen-bond donors (Lipinski definition) is 0. The highest BCUT2D eigenvalue weighted by atomic mass is 32.2. The smallest absolute Gasteiger partial charge is 0.443 e. The van der Waals surface area contributed by atoms with Crippen molar-refractivity contribution >= 4 is 28.6 Å². The number of amidine groups is 2. The fourth-order valence-corrected chi connectivity index (χ4v) is 3.28. The topological polar surface area (TPSA) is 37.2 Å². The molecule has 0 atom stereocenters. The summed E-state index contributed by atoms with van der Waals surface area (Å²) >= 11 is 0.699. The van der Waals surface area contributed by atoms with Crippen molar-refractivity contribution in [1.29, 1.82) is 0 Å². The molecular weight excluding hydrogens is 360 g/mol. The van der Waals surface area contributed by atoms with E-state index < -0.39 is 29.2 Å². The molecule has 2 heterocycles. The van der Waals surface area contributed by atoms with Crippen molar-refractivity contribution in [3.8, 4) is 0 Å². The Hall–Kier alpha value is -1.91. The summed E-state index contributed by atoms with van der Waals surface area (Å²) in [5.41, 5.74) is -4.21. The minimum absolute atomic E-state index is 0.152. The summed E-state index contributed by atoms with van der Waals surface area (Å²) in [5, 5.41) is -0.482. The van der Waals surface area contributed by atoms with Gasteiger partial charge in [-0.3, -0.25) is 0 Å². The normalized spacial score (nSPS) is 19.4. The summed E-state index contributed by atoms with van der Waals surface area (Å²) in [6.07, 6.45) is -11.5. The molecule has 0 saturated heterocycles. The number of nitrogens with zero attached hydrogens (tertiary/aromatic N) is 3. The third kappa shape index (κ3) is 2.33. The van der Waals surface area contributed by atoms with E-state index in [2.05, 4.69) is 9.98 Å². The van der Waals surface area contributed by atoms with Gasteiger partial charge in [0.2, 0.25) is 0 Å². The predicted octanol–water partition coefficient (Wildman–Crippen LogP) is 4.18. The van der Waals surface area contributed by atoms with E-state index in [1.165, 1.54) is 13.0 Å². The maximum absolute atomic E-state index is 13.3. The lowest BCUT2D eigenvalue weighted by molar-refractivity contribution is -0.292. The van der Waals surface area contributed by atoms with Crippen LogP contribution in [0.15, 0.2) is 39.1 Å². The lowest BCUT2D eigenvalue weighted by Gasteiger charge is -2.36. The number of benzene rings is 1. The van der Waals surface area contributed by atoms with Crippen molar-refractivity contribution in [1.82, 2.24) is 0 Å². The zero-order valence-corrected chi connectivity index (χ0v) is 12.8. The molecule has 0 unspecified atom stereocenters. The Morgan fingerprint density at radius 3 is 2.29 bits per heavy atom. The van der Waals surface area contributed by atoms with Gasteiger partial charge < -0.3 is 4.74 Å². The van der Waals surface area contributed by atoms with Crippen LogP contribution in [0.2, 0.25) is 0 Å². The Morgan fingerprint density at radius 1 is 1.08 bits per heavy atom. The first-order chi connectivity index (χ1) is 11.1. The van der Waals surface area contributed by atoms with Crippen LogP contribution >= 0.6 is 11.8 Å². The van der Waals surface area contributed by atoms with Crippen molar-refractivity contribution in [2.45, 2.75) is 29.8 Å². The molecule has 4 nitrogen and oxygen atoms in total. The molecule has 0 amide bonds. The van der Waals surface area contributed by atoms with Crippen molar-refractivity contribution in [2.24, 2.45) is 9.98 Å². The summed E-state index contributed by atoms with van der Waals surface area (Å²) in [6, 6.07) is 5.53. The molecule has 0 bridgehead atoms. The largest absolute Gasteiger partial charge is 0.465 e. The zero-order chi connectivity index (χ0) is 17.8. The molecule has 0 saturated carbocycles. The van der Waals surface area contributed by atoms with E-state index in [-0.39, 0.29) is 6.61 Å². The molecular formula is C13H9F6N3OS. The van der Waals surface area contributed by atoms with Gasteiger partial charge >= 0.3 is 24.0 Å². The number of halogens is 6. The van der Waals surface area contributed by atoms with E-state index in [9.17, 15) is 26.3 Å². The monoisotopic (exact) mass is 369 g/mol. The van der Waals surface area contributed by atoms with E-state index in [1.54, 1.807) is 18.2 Å². The van der Waals surface area contributed by atoms with Crippen LogP contribution in [0.4, 0.5) is 32.0 Å². The summed E-state index contributed by atoms with van der Waals surface area (Å²) in [6.45, 7) is 1.28. The van der Waals surface area contributed by atoms with Gasteiger partial charge in [0, 0.05) is 4.90 Å². The average molecular weight is 369 g/mol. The Balaban J connectivity index is 2.22. The van der Waals surface area contributed by atoms with Gasteiger partial charge in [-0.2, -0.15) is 31.3 Å². The lowest BCUT2D eigenvalue weighted by atomic mass is 10.1. The average Bonchev–Trinajstić information content (AvgIpc) is 2.83. The number of fused-ring (bicyclic) bond motifs is 3. The molecule has 0 radical (unpaired) electrons. The van der Waals surface area contributed by atoms with Gasteiger partial charge in [-0.05, 0) is 30.8 Å². The summed E-state index contributed by atoms with van der Waals surface area (Å²) < 4.78 is 84.6. The third-order valence-electron chi connectivity index (χ3n) is 3.27. The summed E-state index contributed by atoms with van der Waals surface area (Å²) in [4.78, 5) is 7.33. The number of thioether (sulfide) groups is 1. The van der Waals surface area contributed by atoms with E-state index in [0.717, 1.165) is 4.90 Å². The van der Waals surface area contributed by atoms with E-state index >= 15 is 0 Å². The van der Waals surface area contributed by atoms with Gasteiger partial charge in [-0.15, -0.1) is 0 Å². The van der Waals surface area contributed by atoms with Gasteiger partial charge in [0.1, 0.15) is 0 Å². The van der Waals surface area contributed by atoms with Gasteiger partial charge in [-0.25, -0.2) is 9.89 Å². The van der Waals surface area contributed by atoms with E-state index in [0.29, 0.717) is 22.3 Å². The molecule has 1 aromatic rings. The van der Waals surface area contributed by atoms with Gasteiger partial charge in [0.15, 0.2) is 5.17 Å². The quantitative estimate of drug-likeness (QED) is 0.697. The first-order valence-corrected chi connectivity index (χ1v) is 7.45. The predicted molar refractivity (Wildman–Crippen MR) is 76.1 cm³/mol. The number of alkyl halides is 6. The number of para-hydroxylation sites is 1. The van der Waals surface area contributed by atoms with Gasteiger partial charge in [0.05, 0.1) is 12.3 Å². The van der Waals surface area contributed by atoms with Crippen LogP contribution in [-0.2, 0) is 4.74 Å². The molecule has 0 aromatic heterocycles. The number of rotatable bonds is 1. The first-order valence-electron chi connectivity index (χ1n) is 6.63. The Labute approximate surface area is 136 Å². The SMILES string of the molecule is CCOC1=NC(C(F)(F)F)(C(F)(F)F)N=C2Sc3ccccc3N12. The highest BCUT2D eigenvalue weighted by Gasteiger charge is 2.74. The van der Waals surface area contributed by atoms with Gasteiger partial charge in [-0.1, -0.05) is 12.1 Å². The standard InChI is InChI=1S/C13H9F6N3OS/c1-2-23-9-20-11(12(14,15)16,13(17,18)19)21-10-22(9)7-5-3-4-6-8(7)24-10/h3-6H,2H2,1H3. The molecule has 24 heavy (non-hydrogen) atoms. The van der Waals surface area contributed by atoms with Crippen LogP contribution in [-0.4, -0.2) is 35.8 Å². The molecule has 2 aliphatic heterocycles. The highest BCUT2D eigenvalue weighted by Crippen LogP contribution is 2.52. The van der Waals surface area contributed by atoms with Crippen LogP contribution < -0.4 is 4.90 Å². The van der Waals surface area contributed by atoms with Crippen molar-refractivity contribution in [2.75, 3.05) is 11.5 Å². The molecule has 0 N–H and O–H groups in total. The molecule has 1 aromatic carbocycles. The number of aliphatic imine (C=N–C) groups is 2. The fraction of sp³-hybridized carbons (Fsp3) is 0.385. The van der Waals surface area contributed by atoms with Crippen LogP contribution in [0.25, 0.3) is 0 Å². The molecule has 2 aliphatic rings. The number of anilines is 1. The number of hydrogen-bond acceptors (Lipinski definition) is 5. The summed E-state index contributed by atoms with van der Waals surface area (Å²) in [7, 11) is 0. The Kier molecular flexibility index (Phi) is 3.74. The van der Waals surface area contributed by atoms with Crippen molar-refractivity contribution in [3.05, 3.63) is 24.3 Å². The van der Waals surface area contributed by atoms with Crippen LogP contribution in [0.3, 0.4) is 0 Å². The fourth-order valence-electron chi connectivity index (χ4n) is 2.22. The van der Waals surface area contributed by atoms with Crippen LogP contribution in [0, 0.1) is 0 Å². The molecule has 0 spiro atoms. The molecule has 0 fully saturated rings. The number of ether oxygens (including phenoxy) is 1. The van der Waals surface area contributed by atoms with Crippen molar-refractivity contribution in [3.63, 3.8) is 0 Å². The van der Waals surface area contributed by atoms with E-state index in [4.69, 9.17) is 4.74 Å². The van der Waals surface area contributed by atoms with E-state index in [1.807, 2.05) is 0 Å². The summed E-state index contributed by atoms with van der Waals surface area (Å²) in [5.74, 6) is 0. The molecule has 130 valence electrons.